The number of hydrogen-bond donors (Lipinski definition) is 1. The zero-order valence-corrected chi connectivity index (χ0v) is 16.2. The van der Waals surface area contributed by atoms with Gasteiger partial charge >= 0.3 is 6.18 Å². The fourth-order valence-corrected chi connectivity index (χ4v) is 3.07. The topological polar surface area (TPSA) is 64.7 Å². The third-order valence-electron chi connectivity index (χ3n) is 4.31. The summed E-state index contributed by atoms with van der Waals surface area (Å²) in [7, 11) is 0. The Hall–Kier alpha value is -3.66. The minimum Gasteiger partial charge on any atom is -0.322 e. The standard InChI is InChI=1S/C20H12ClF4N5O/c21-12-2-5-14(6-3-12)30-18(20(23,24)25)15(11-27-30)19(31)28-13-4-7-17(16(22)10-13)29-9-1-8-26-29/h1-11H,(H,28,31). The number of carbonyl (C=O) groups excluding carboxylic acids is 1. The van der Waals surface area contributed by atoms with E-state index in [-0.39, 0.29) is 17.1 Å². The number of carbonyl (C=O) groups is 1. The summed E-state index contributed by atoms with van der Waals surface area (Å²) in [6.07, 6.45) is -1.08. The Labute approximate surface area is 177 Å². The minimum absolute atomic E-state index is 0.0224. The lowest BCUT2D eigenvalue weighted by Gasteiger charge is -2.13. The highest BCUT2D eigenvalue weighted by Gasteiger charge is 2.40. The van der Waals surface area contributed by atoms with Gasteiger partial charge in [0, 0.05) is 23.1 Å². The van der Waals surface area contributed by atoms with E-state index in [9.17, 15) is 22.4 Å². The second kappa shape index (κ2) is 7.88. The van der Waals surface area contributed by atoms with Crippen LogP contribution in [0.5, 0.6) is 0 Å². The predicted molar refractivity (Wildman–Crippen MR) is 105 cm³/mol. The van der Waals surface area contributed by atoms with E-state index in [1.807, 2.05) is 0 Å². The lowest BCUT2D eigenvalue weighted by atomic mass is 10.2. The van der Waals surface area contributed by atoms with Crippen LogP contribution in [-0.2, 0) is 6.18 Å². The van der Waals surface area contributed by atoms with Crippen molar-refractivity contribution in [3.8, 4) is 11.4 Å². The number of benzene rings is 2. The van der Waals surface area contributed by atoms with Crippen LogP contribution in [0.15, 0.2) is 67.1 Å². The maximum atomic E-state index is 14.4. The molecule has 11 heteroatoms. The molecule has 0 aliphatic heterocycles. The molecule has 0 saturated heterocycles. The van der Waals surface area contributed by atoms with Crippen molar-refractivity contribution in [2.75, 3.05) is 5.32 Å². The molecule has 4 aromatic rings. The van der Waals surface area contributed by atoms with Crippen molar-refractivity contribution in [3.05, 3.63) is 89.2 Å². The number of amides is 1. The van der Waals surface area contributed by atoms with Crippen molar-refractivity contribution < 1.29 is 22.4 Å². The van der Waals surface area contributed by atoms with Crippen LogP contribution in [0.4, 0.5) is 23.2 Å². The van der Waals surface area contributed by atoms with E-state index in [1.54, 1.807) is 6.07 Å². The lowest BCUT2D eigenvalue weighted by Crippen LogP contribution is -2.20. The first-order valence-electron chi connectivity index (χ1n) is 8.76. The van der Waals surface area contributed by atoms with Gasteiger partial charge in [0.15, 0.2) is 11.5 Å². The Morgan fingerprint density at radius 2 is 1.81 bits per heavy atom. The maximum Gasteiger partial charge on any atom is 0.434 e. The Morgan fingerprint density at radius 3 is 2.42 bits per heavy atom. The smallest absolute Gasteiger partial charge is 0.322 e. The average Bonchev–Trinajstić information content (AvgIpc) is 3.38. The van der Waals surface area contributed by atoms with Crippen LogP contribution >= 0.6 is 11.6 Å². The van der Waals surface area contributed by atoms with Gasteiger partial charge in [0.1, 0.15) is 5.69 Å². The van der Waals surface area contributed by atoms with Gasteiger partial charge in [-0.05, 0) is 48.5 Å². The SMILES string of the molecule is O=C(Nc1ccc(-n2cccn2)c(F)c1)c1cnn(-c2ccc(Cl)cc2)c1C(F)(F)F. The van der Waals surface area contributed by atoms with Gasteiger partial charge in [0.25, 0.3) is 5.91 Å². The van der Waals surface area contributed by atoms with Gasteiger partial charge in [-0.3, -0.25) is 4.79 Å². The van der Waals surface area contributed by atoms with E-state index in [0.29, 0.717) is 9.70 Å². The molecule has 0 fully saturated rings. The molecule has 2 heterocycles. The van der Waals surface area contributed by atoms with Crippen LogP contribution in [-0.4, -0.2) is 25.5 Å². The van der Waals surface area contributed by atoms with E-state index in [1.165, 1.54) is 53.5 Å². The van der Waals surface area contributed by atoms with E-state index in [2.05, 4.69) is 15.5 Å². The monoisotopic (exact) mass is 449 g/mol. The van der Waals surface area contributed by atoms with Crippen LogP contribution in [0.25, 0.3) is 11.4 Å². The van der Waals surface area contributed by atoms with Gasteiger partial charge in [-0.15, -0.1) is 0 Å². The first-order valence-corrected chi connectivity index (χ1v) is 9.14. The molecular weight excluding hydrogens is 438 g/mol. The Kier molecular flexibility index (Phi) is 5.24. The number of anilines is 1. The highest BCUT2D eigenvalue weighted by atomic mass is 35.5. The fraction of sp³-hybridized carbons (Fsp3) is 0.0500. The largest absolute Gasteiger partial charge is 0.434 e. The summed E-state index contributed by atoms with van der Waals surface area (Å²) >= 11 is 5.78. The zero-order valence-electron chi connectivity index (χ0n) is 15.4. The highest BCUT2D eigenvalue weighted by Crippen LogP contribution is 2.34. The molecule has 0 saturated carbocycles. The third-order valence-corrected chi connectivity index (χ3v) is 4.56. The Morgan fingerprint density at radius 1 is 1.06 bits per heavy atom. The van der Waals surface area contributed by atoms with Crippen molar-refractivity contribution >= 4 is 23.2 Å². The van der Waals surface area contributed by atoms with Crippen LogP contribution in [0, 0.1) is 5.82 Å². The molecule has 0 atom stereocenters. The summed E-state index contributed by atoms with van der Waals surface area (Å²) in [4.78, 5) is 12.6. The summed E-state index contributed by atoms with van der Waals surface area (Å²) in [5.74, 6) is -1.80. The molecule has 6 nitrogen and oxygen atoms in total. The van der Waals surface area contributed by atoms with E-state index in [0.717, 1.165) is 12.3 Å². The molecule has 0 aliphatic rings. The predicted octanol–water partition coefficient (Wildman–Crippen LogP) is 5.12. The molecule has 4 rings (SSSR count). The molecule has 0 bridgehead atoms. The Bertz CT molecular complexity index is 1230. The van der Waals surface area contributed by atoms with Gasteiger partial charge in [0.2, 0.25) is 0 Å². The number of hydrogen-bond acceptors (Lipinski definition) is 3. The number of alkyl halides is 3. The van der Waals surface area contributed by atoms with Gasteiger partial charge < -0.3 is 5.32 Å². The summed E-state index contributed by atoms with van der Waals surface area (Å²) in [5.41, 5.74) is -1.80. The molecule has 1 N–H and O–H groups in total. The molecule has 0 spiro atoms. The van der Waals surface area contributed by atoms with Crippen LogP contribution < -0.4 is 5.32 Å². The minimum atomic E-state index is -4.88. The van der Waals surface area contributed by atoms with E-state index >= 15 is 0 Å². The molecule has 1 amide bonds. The number of rotatable bonds is 4. The van der Waals surface area contributed by atoms with Crippen molar-refractivity contribution in [1.82, 2.24) is 19.6 Å². The lowest BCUT2D eigenvalue weighted by molar-refractivity contribution is -0.143. The van der Waals surface area contributed by atoms with E-state index in [4.69, 9.17) is 11.6 Å². The highest BCUT2D eigenvalue weighted by molar-refractivity contribution is 6.30. The number of halogens is 5. The normalized spacial score (nSPS) is 11.5. The van der Waals surface area contributed by atoms with Crippen molar-refractivity contribution in [2.45, 2.75) is 6.18 Å². The van der Waals surface area contributed by atoms with Crippen molar-refractivity contribution in [3.63, 3.8) is 0 Å². The summed E-state index contributed by atoms with van der Waals surface area (Å²) < 4.78 is 57.5. The van der Waals surface area contributed by atoms with Crippen molar-refractivity contribution in [2.24, 2.45) is 0 Å². The molecule has 0 radical (unpaired) electrons. The van der Waals surface area contributed by atoms with Gasteiger partial charge in [-0.25, -0.2) is 13.8 Å². The molecular formula is C20H12ClF4N5O. The van der Waals surface area contributed by atoms with Crippen molar-refractivity contribution in [1.29, 1.82) is 0 Å². The molecule has 0 unspecified atom stereocenters. The molecule has 158 valence electrons. The second-order valence-corrected chi connectivity index (χ2v) is 6.80. The first kappa shape index (κ1) is 20.6. The summed E-state index contributed by atoms with van der Waals surface area (Å²) in [6, 6.07) is 10.8. The summed E-state index contributed by atoms with van der Waals surface area (Å²) in [6.45, 7) is 0. The quantitative estimate of drug-likeness (QED) is 0.440. The first-order chi connectivity index (χ1) is 14.7. The number of nitrogens with zero attached hydrogens (tertiary/aromatic N) is 4. The zero-order chi connectivity index (χ0) is 22.2. The second-order valence-electron chi connectivity index (χ2n) is 6.36. The third kappa shape index (κ3) is 4.15. The van der Waals surface area contributed by atoms with Crippen LogP contribution in [0.1, 0.15) is 16.1 Å². The summed E-state index contributed by atoms with van der Waals surface area (Å²) in [5, 5.41) is 10.2. The van der Waals surface area contributed by atoms with Gasteiger partial charge in [0.05, 0.1) is 17.4 Å². The Balaban J connectivity index is 1.66. The number of nitrogens with one attached hydrogen (secondary N) is 1. The molecule has 31 heavy (non-hydrogen) atoms. The maximum absolute atomic E-state index is 14.4. The molecule has 2 aromatic heterocycles. The van der Waals surface area contributed by atoms with Crippen LogP contribution in [0.3, 0.4) is 0 Å². The number of aromatic nitrogens is 4. The van der Waals surface area contributed by atoms with E-state index < -0.39 is 29.2 Å². The van der Waals surface area contributed by atoms with Gasteiger partial charge in [-0.2, -0.15) is 23.4 Å². The van der Waals surface area contributed by atoms with Gasteiger partial charge in [-0.1, -0.05) is 11.6 Å². The fourth-order valence-electron chi connectivity index (χ4n) is 2.95. The average molecular weight is 450 g/mol. The molecule has 2 aromatic carbocycles. The molecule has 0 aliphatic carbocycles. The van der Waals surface area contributed by atoms with Crippen LogP contribution in [0.2, 0.25) is 5.02 Å².